The lowest BCUT2D eigenvalue weighted by atomic mass is 9.97. The van der Waals surface area contributed by atoms with Gasteiger partial charge in [0.2, 0.25) is 5.91 Å². The van der Waals surface area contributed by atoms with Crippen LogP contribution in [-0.4, -0.2) is 54.7 Å². The molecule has 176 valence electrons. The van der Waals surface area contributed by atoms with Crippen LogP contribution >= 0.6 is 50.6 Å². The van der Waals surface area contributed by atoms with Gasteiger partial charge in [0.15, 0.2) is 5.06 Å². The van der Waals surface area contributed by atoms with Gasteiger partial charge in [-0.15, -0.1) is 0 Å². The number of hydrogen-bond donors (Lipinski definition) is 2. The first-order chi connectivity index (χ1) is 15.9. The highest BCUT2D eigenvalue weighted by atomic mass is 79.9. The Balaban J connectivity index is 1.45. The number of halogens is 2. The zero-order valence-corrected chi connectivity index (χ0v) is 21.4. The predicted molar refractivity (Wildman–Crippen MR) is 134 cm³/mol. The number of carbonyl (C=O) groups excluding carboxylic acids is 3. The number of amides is 3. The van der Waals surface area contributed by atoms with E-state index in [1.807, 2.05) is 0 Å². The van der Waals surface area contributed by atoms with Crippen LogP contribution in [0.4, 0.5) is 16.2 Å². The number of nitrogens with zero attached hydrogens (tertiary/aromatic N) is 1. The number of carbonyl (C=O) groups is 3. The molecule has 2 aromatic rings. The first kappa shape index (κ1) is 24.3. The topological polar surface area (TPSA) is 97.0 Å². The standard InChI is InChI=1S/C21H21BrClN3O5S2/c22-16-3-4-18(33-16)31-20(29)25-21(6-10-32-12-21)19(28)24-13-1-2-15(14(23)11-13)26-7-9-30-8-5-17(26)27/h1-4,11H,5-10,12H2,(H,24,28)(H,25,29). The van der Waals surface area contributed by atoms with Crippen molar-refractivity contribution in [3.8, 4) is 5.06 Å². The van der Waals surface area contributed by atoms with Crippen LogP contribution in [0.2, 0.25) is 5.02 Å². The Bertz CT molecular complexity index is 1060. The van der Waals surface area contributed by atoms with Gasteiger partial charge in [0.1, 0.15) is 5.54 Å². The van der Waals surface area contributed by atoms with Gasteiger partial charge in [-0.1, -0.05) is 22.9 Å². The summed E-state index contributed by atoms with van der Waals surface area (Å²) >= 11 is 12.6. The van der Waals surface area contributed by atoms with Crippen LogP contribution < -0.4 is 20.3 Å². The van der Waals surface area contributed by atoms with Crippen molar-refractivity contribution in [2.45, 2.75) is 18.4 Å². The highest BCUT2D eigenvalue weighted by Gasteiger charge is 2.44. The number of thiophene rings is 1. The van der Waals surface area contributed by atoms with E-state index in [-0.39, 0.29) is 11.8 Å². The number of rotatable bonds is 5. The normalized spacial score (nSPS) is 20.9. The van der Waals surface area contributed by atoms with E-state index in [2.05, 4.69) is 26.6 Å². The van der Waals surface area contributed by atoms with E-state index in [4.69, 9.17) is 21.1 Å². The van der Waals surface area contributed by atoms with Gasteiger partial charge in [0.05, 0.1) is 34.1 Å². The van der Waals surface area contributed by atoms with Crippen molar-refractivity contribution in [1.82, 2.24) is 5.32 Å². The molecule has 2 aliphatic heterocycles. The Morgan fingerprint density at radius 3 is 2.79 bits per heavy atom. The first-order valence-corrected chi connectivity index (χ1v) is 13.3. The quantitative estimate of drug-likeness (QED) is 0.545. The fraction of sp³-hybridized carbons (Fsp3) is 0.381. The monoisotopic (exact) mass is 573 g/mol. The Kier molecular flexibility index (Phi) is 7.85. The maximum Gasteiger partial charge on any atom is 0.414 e. The summed E-state index contributed by atoms with van der Waals surface area (Å²) in [6.07, 6.45) is 0.0808. The molecule has 4 rings (SSSR count). The number of nitrogens with one attached hydrogen (secondary N) is 2. The molecule has 3 amide bonds. The number of benzene rings is 1. The molecule has 2 aliphatic rings. The number of ether oxygens (including phenoxy) is 2. The van der Waals surface area contributed by atoms with Gasteiger partial charge in [-0.05, 0) is 58.4 Å². The second-order valence-electron chi connectivity index (χ2n) is 7.49. The van der Waals surface area contributed by atoms with Crippen molar-refractivity contribution in [1.29, 1.82) is 0 Å². The molecule has 12 heteroatoms. The van der Waals surface area contributed by atoms with Crippen molar-refractivity contribution in [2.24, 2.45) is 0 Å². The molecule has 2 saturated heterocycles. The van der Waals surface area contributed by atoms with Crippen LogP contribution in [0.5, 0.6) is 5.06 Å². The zero-order valence-electron chi connectivity index (χ0n) is 17.4. The second kappa shape index (κ2) is 10.6. The maximum absolute atomic E-state index is 13.2. The summed E-state index contributed by atoms with van der Waals surface area (Å²) < 4.78 is 11.5. The van der Waals surface area contributed by atoms with Gasteiger partial charge in [0, 0.05) is 18.0 Å². The Morgan fingerprint density at radius 1 is 1.24 bits per heavy atom. The molecule has 0 saturated carbocycles. The average molecular weight is 575 g/mol. The van der Waals surface area contributed by atoms with E-state index < -0.39 is 11.6 Å². The highest BCUT2D eigenvalue weighted by molar-refractivity contribution is 9.11. The molecular weight excluding hydrogens is 554 g/mol. The van der Waals surface area contributed by atoms with Crippen molar-refractivity contribution >= 4 is 79.9 Å². The van der Waals surface area contributed by atoms with Gasteiger partial charge >= 0.3 is 6.09 Å². The Hall–Kier alpha value is -1.79. The molecule has 2 N–H and O–H groups in total. The summed E-state index contributed by atoms with van der Waals surface area (Å²) in [6.45, 7) is 1.24. The maximum atomic E-state index is 13.2. The molecule has 0 bridgehead atoms. The van der Waals surface area contributed by atoms with E-state index in [0.717, 1.165) is 9.54 Å². The molecule has 1 atom stereocenters. The van der Waals surface area contributed by atoms with E-state index in [9.17, 15) is 14.4 Å². The second-order valence-corrected chi connectivity index (χ2v) is 11.4. The number of thioether (sulfide) groups is 1. The lowest BCUT2D eigenvalue weighted by molar-refractivity contribution is -0.121. The van der Waals surface area contributed by atoms with E-state index in [1.54, 1.807) is 47.0 Å². The largest absolute Gasteiger partial charge is 0.414 e. The molecule has 0 aliphatic carbocycles. The summed E-state index contributed by atoms with van der Waals surface area (Å²) in [4.78, 5) is 39.6. The van der Waals surface area contributed by atoms with Crippen LogP contribution in [0.3, 0.4) is 0 Å². The van der Waals surface area contributed by atoms with Crippen LogP contribution in [0, 0.1) is 0 Å². The minimum absolute atomic E-state index is 0.0615. The van der Waals surface area contributed by atoms with Crippen LogP contribution in [0.25, 0.3) is 0 Å². The molecule has 3 heterocycles. The lowest BCUT2D eigenvalue weighted by Gasteiger charge is -2.28. The molecular formula is C21H21BrClN3O5S2. The summed E-state index contributed by atoms with van der Waals surface area (Å²) in [6, 6.07) is 8.45. The first-order valence-electron chi connectivity index (χ1n) is 10.2. The summed E-state index contributed by atoms with van der Waals surface area (Å²) in [5, 5.41) is 6.38. The van der Waals surface area contributed by atoms with Crippen molar-refractivity contribution in [3.63, 3.8) is 0 Å². The summed E-state index contributed by atoms with van der Waals surface area (Å²) in [5.41, 5.74) is -0.0551. The lowest BCUT2D eigenvalue weighted by Crippen LogP contribution is -2.57. The fourth-order valence-corrected chi connectivity index (χ4v) is 6.36. The van der Waals surface area contributed by atoms with Crippen molar-refractivity contribution in [3.05, 3.63) is 39.1 Å². The summed E-state index contributed by atoms with van der Waals surface area (Å²) in [5.74, 6) is 0.751. The highest BCUT2D eigenvalue weighted by Crippen LogP contribution is 2.33. The fourth-order valence-electron chi connectivity index (χ4n) is 3.55. The minimum atomic E-state index is -1.10. The molecule has 0 radical (unpaired) electrons. The Labute approximate surface area is 212 Å². The molecule has 1 aromatic heterocycles. The van der Waals surface area contributed by atoms with E-state index in [0.29, 0.717) is 59.8 Å². The van der Waals surface area contributed by atoms with Crippen LogP contribution in [0.1, 0.15) is 12.8 Å². The third-order valence-corrected chi connectivity index (χ3v) is 8.25. The van der Waals surface area contributed by atoms with Gasteiger partial charge in [0.25, 0.3) is 5.91 Å². The van der Waals surface area contributed by atoms with E-state index in [1.165, 1.54) is 11.3 Å². The van der Waals surface area contributed by atoms with Crippen molar-refractivity contribution in [2.75, 3.05) is 41.5 Å². The van der Waals surface area contributed by atoms with Gasteiger partial charge < -0.3 is 25.0 Å². The third kappa shape index (κ3) is 5.83. The smallest absolute Gasteiger partial charge is 0.399 e. The number of anilines is 2. The number of hydrogen-bond acceptors (Lipinski definition) is 7. The average Bonchev–Trinajstić information content (AvgIpc) is 3.35. The van der Waals surface area contributed by atoms with Crippen LogP contribution in [-0.2, 0) is 14.3 Å². The zero-order chi connectivity index (χ0) is 23.4. The molecule has 1 unspecified atom stereocenters. The van der Waals surface area contributed by atoms with Crippen molar-refractivity contribution < 1.29 is 23.9 Å². The molecule has 0 spiro atoms. The SMILES string of the molecule is O=C(NC1(C(=O)Nc2ccc(N3CCOCCC3=O)c(Cl)c2)CCSC1)Oc1ccc(Br)s1. The van der Waals surface area contributed by atoms with Crippen LogP contribution in [0.15, 0.2) is 34.1 Å². The van der Waals surface area contributed by atoms with Gasteiger partial charge in [-0.3, -0.25) is 9.59 Å². The molecule has 2 fully saturated rings. The third-order valence-electron chi connectivity index (χ3n) is 5.26. The summed E-state index contributed by atoms with van der Waals surface area (Å²) in [7, 11) is 0. The molecule has 8 nitrogen and oxygen atoms in total. The van der Waals surface area contributed by atoms with E-state index >= 15 is 0 Å². The van der Waals surface area contributed by atoms with Gasteiger partial charge in [-0.25, -0.2) is 4.79 Å². The van der Waals surface area contributed by atoms with Gasteiger partial charge in [-0.2, -0.15) is 11.8 Å². The minimum Gasteiger partial charge on any atom is -0.399 e. The molecule has 1 aromatic carbocycles. The predicted octanol–water partition coefficient (Wildman–Crippen LogP) is 4.52. The Morgan fingerprint density at radius 2 is 2.09 bits per heavy atom. The molecule has 33 heavy (non-hydrogen) atoms.